The topological polar surface area (TPSA) is 92.7 Å². The Bertz CT molecular complexity index is 1290. The van der Waals surface area contributed by atoms with Gasteiger partial charge in [-0.25, -0.2) is 4.39 Å². The first-order valence-electron chi connectivity index (χ1n) is 10.6. The smallest absolute Gasteiger partial charge is 0.253 e. The Labute approximate surface area is 190 Å². The number of aromatic nitrogens is 1. The lowest BCUT2D eigenvalue weighted by Crippen LogP contribution is -2.53. The van der Waals surface area contributed by atoms with E-state index in [0.29, 0.717) is 27.9 Å². The van der Waals surface area contributed by atoms with Crippen LogP contribution in [0.3, 0.4) is 0 Å². The van der Waals surface area contributed by atoms with Gasteiger partial charge in [0.25, 0.3) is 11.5 Å². The first-order valence-corrected chi connectivity index (χ1v) is 10.6. The van der Waals surface area contributed by atoms with E-state index in [1.54, 1.807) is 51.4 Å². The number of nitrogens with one attached hydrogen (secondary N) is 2. The number of para-hydroxylation sites is 2. The lowest BCUT2D eigenvalue weighted by molar-refractivity contribution is -0.129. The fourth-order valence-corrected chi connectivity index (χ4v) is 3.85. The molecule has 0 radical (unpaired) electrons. The number of halogens is 1. The van der Waals surface area contributed by atoms with Crippen LogP contribution in [0.1, 0.15) is 12.5 Å². The van der Waals surface area contributed by atoms with Crippen LogP contribution >= 0.6 is 0 Å². The van der Waals surface area contributed by atoms with E-state index in [4.69, 9.17) is 4.74 Å². The second kappa shape index (κ2) is 9.03. The summed E-state index contributed by atoms with van der Waals surface area (Å²) in [4.78, 5) is 40.1. The Morgan fingerprint density at radius 3 is 2.73 bits per heavy atom. The first-order chi connectivity index (χ1) is 15.8. The number of nitrogens with zero attached hydrogens (tertiary/aromatic N) is 2. The maximum absolute atomic E-state index is 14.1. The maximum Gasteiger partial charge on any atom is 0.253 e. The molecule has 0 unspecified atom stereocenters. The normalized spacial score (nSPS) is 16.7. The molecule has 0 fully saturated rings. The number of carbonyl (C=O) groups excluding carboxylic acids is 2. The van der Waals surface area contributed by atoms with Gasteiger partial charge in [0.2, 0.25) is 5.91 Å². The molecule has 172 valence electrons. The van der Waals surface area contributed by atoms with Crippen molar-refractivity contribution < 1.29 is 18.7 Å². The number of hydrogen-bond acceptors (Lipinski definition) is 5. The van der Waals surface area contributed by atoms with Gasteiger partial charge in [0, 0.05) is 18.5 Å². The SMILES string of the molecule is CN[C@@H](C)C(=O)N[C@H]1COc2ccccc2N(Cc2cc(=O)n(C)c3ccc(F)cc23)C1=O. The predicted molar refractivity (Wildman–Crippen MR) is 123 cm³/mol. The number of amides is 2. The van der Waals surface area contributed by atoms with E-state index in [2.05, 4.69) is 10.6 Å². The molecule has 2 atom stereocenters. The van der Waals surface area contributed by atoms with Gasteiger partial charge < -0.3 is 24.8 Å². The Morgan fingerprint density at radius 1 is 1.21 bits per heavy atom. The lowest BCUT2D eigenvalue weighted by Gasteiger charge is -2.26. The van der Waals surface area contributed by atoms with Crippen LogP contribution in [0.5, 0.6) is 5.75 Å². The highest BCUT2D eigenvalue weighted by Crippen LogP contribution is 2.33. The maximum atomic E-state index is 14.1. The van der Waals surface area contributed by atoms with E-state index in [0.717, 1.165) is 0 Å². The molecule has 8 nitrogen and oxygen atoms in total. The van der Waals surface area contributed by atoms with E-state index < -0.39 is 17.9 Å². The molecular weight excluding hydrogens is 427 g/mol. The molecule has 0 saturated carbocycles. The quantitative estimate of drug-likeness (QED) is 0.615. The summed E-state index contributed by atoms with van der Waals surface area (Å²) >= 11 is 0. The largest absolute Gasteiger partial charge is 0.489 e. The van der Waals surface area contributed by atoms with Crippen molar-refractivity contribution in [3.05, 3.63) is 70.3 Å². The summed E-state index contributed by atoms with van der Waals surface area (Å²) in [6.07, 6.45) is 0. The van der Waals surface area contributed by atoms with Gasteiger partial charge >= 0.3 is 0 Å². The highest BCUT2D eigenvalue weighted by atomic mass is 19.1. The Hall–Kier alpha value is -3.72. The Kier molecular flexibility index (Phi) is 6.15. The monoisotopic (exact) mass is 452 g/mol. The predicted octanol–water partition coefficient (Wildman–Crippen LogP) is 1.70. The third-order valence-electron chi connectivity index (χ3n) is 5.89. The van der Waals surface area contributed by atoms with E-state index in [1.807, 2.05) is 0 Å². The summed E-state index contributed by atoms with van der Waals surface area (Å²) in [6, 6.07) is 11.2. The second-order valence-corrected chi connectivity index (χ2v) is 8.00. The van der Waals surface area contributed by atoms with Gasteiger partial charge in [-0.2, -0.15) is 0 Å². The average molecular weight is 452 g/mol. The highest BCUT2D eigenvalue weighted by Gasteiger charge is 2.33. The Morgan fingerprint density at radius 2 is 1.97 bits per heavy atom. The van der Waals surface area contributed by atoms with Gasteiger partial charge in [-0.1, -0.05) is 12.1 Å². The molecule has 0 spiro atoms. The minimum Gasteiger partial charge on any atom is -0.489 e. The fraction of sp³-hybridized carbons (Fsp3) is 0.292. The van der Waals surface area contributed by atoms with Gasteiger partial charge in [0.15, 0.2) is 0 Å². The van der Waals surface area contributed by atoms with Crippen LogP contribution in [0.4, 0.5) is 10.1 Å². The Balaban J connectivity index is 1.78. The molecule has 3 aromatic rings. The number of ether oxygens (including phenoxy) is 1. The molecular formula is C24H25FN4O4. The molecule has 4 rings (SSSR count). The van der Waals surface area contributed by atoms with Crippen molar-refractivity contribution in [2.24, 2.45) is 7.05 Å². The number of pyridine rings is 1. The minimum absolute atomic E-state index is 0.00317. The number of hydrogen-bond donors (Lipinski definition) is 2. The second-order valence-electron chi connectivity index (χ2n) is 8.00. The van der Waals surface area contributed by atoms with Gasteiger partial charge in [0.05, 0.1) is 23.8 Å². The van der Waals surface area contributed by atoms with Crippen molar-refractivity contribution in [2.75, 3.05) is 18.6 Å². The van der Waals surface area contributed by atoms with Gasteiger partial charge in [-0.3, -0.25) is 14.4 Å². The molecule has 1 aliphatic heterocycles. The number of likely N-dealkylation sites (N-methyl/N-ethyl adjacent to an activating group) is 1. The zero-order valence-electron chi connectivity index (χ0n) is 18.6. The van der Waals surface area contributed by atoms with Crippen molar-refractivity contribution in [1.82, 2.24) is 15.2 Å². The summed E-state index contributed by atoms with van der Waals surface area (Å²) in [5, 5.41) is 6.10. The summed E-state index contributed by atoms with van der Waals surface area (Å²) in [6.45, 7) is 1.65. The summed E-state index contributed by atoms with van der Waals surface area (Å²) in [5.74, 6) is -0.698. The van der Waals surface area contributed by atoms with Gasteiger partial charge in [-0.05, 0) is 49.9 Å². The van der Waals surface area contributed by atoms with Crippen molar-refractivity contribution in [2.45, 2.75) is 25.6 Å². The number of carbonyl (C=O) groups is 2. The van der Waals surface area contributed by atoms with Crippen LogP contribution in [0.25, 0.3) is 10.9 Å². The number of anilines is 1. The molecule has 1 aromatic heterocycles. The zero-order chi connectivity index (χ0) is 23.7. The van der Waals surface area contributed by atoms with Crippen LogP contribution in [-0.2, 0) is 23.2 Å². The molecule has 2 N–H and O–H groups in total. The van der Waals surface area contributed by atoms with E-state index in [-0.39, 0.29) is 30.5 Å². The van der Waals surface area contributed by atoms with Crippen molar-refractivity contribution in [3.8, 4) is 5.75 Å². The molecule has 0 bridgehead atoms. The van der Waals surface area contributed by atoms with Crippen LogP contribution in [-0.4, -0.2) is 42.1 Å². The molecule has 2 amide bonds. The first kappa shape index (κ1) is 22.5. The molecule has 0 aliphatic carbocycles. The van der Waals surface area contributed by atoms with E-state index in [1.165, 1.54) is 27.7 Å². The molecule has 33 heavy (non-hydrogen) atoms. The molecule has 0 saturated heterocycles. The van der Waals surface area contributed by atoms with Crippen LogP contribution in [0, 0.1) is 5.82 Å². The van der Waals surface area contributed by atoms with E-state index in [9.17, 15) is 18.8 Å². The summed E-state index contributed by atoms with van der Waals surface area (Å²) in [5.41, 5.74) is 1.28. The minimum atomic E-state index is -0.935. The molecule has 9 heteroatoms. The van der Waals surface area contributed by atoms with Crippen LogP contribution in [0.2, 0.25) is 0 Å². The van der Waals surface area contributed by atoms with E-state index >= 15 is 0 Å². The van der Waals surface area contributed by atoms with Crippen molar-refractivity contribution in [3.63, 3.8) is 0 Å². The van der Waals surface area contributed by atoms with Crippen molar-refractivity contribution in [1.29, 1.82) is 0 Å². The number of fused-ring (bicyclic) bond motifs is 2. The summed E-state index contributed by atoms with van der Waals surface area (Å²) < 4.78 is 21.4. The fourth-order valence-electron chi connectivity index (χ4n) is 3.85. The van der Waals surface area contributed by atoms with Gasteiger partial charge in [-0.15, -0.1) is 0 Å². The number of benzene rings is 2. The third kappa shape index (κ3) is 4.31. The standard InChI is InChI=1S/C24H25FN4O4/c1-14(26-2)23(31)27-18-13-33-21-7-5-4-6-20(21)29(24(18)32)12-15-10-22(30)28(3)19-9-8-16(25)11-17(15)19/h4-11,14,18,26H,12-13H2,1-3H3,(H,27,31)/t14-,18-/m0/s1. The van der Waals surface area contributed by atoms with Crippen molar-refractivity contribution >= 4 is 28.4 Å². The van der Waals surface area contributed by atoms with Crippen LogP contribution < -0.4 is 25.8 Å². The third-order valence-corrected chi connectivity index (χ3v) is 5.89. The molecule has 2 heterocycles. The molecule has 1 aliphatic rings. The number of rotatable bonds is 5. The molecule has 2 aromatic carbocycles. The highest BCUT2D eigenvalue weighted by molar-refractivity contribution is 6.01. The zero-order valence-corrected chi connectivity index (χ0v) is 18.6. The van der Waals surface area contributed by atoms with Crippen LogP contribution in [0.15, 0.2) is 53.3 Å². The van der Waals surface area contributed by atoms with Gasteiger partial charge in [0.1, 0.15) is 24.2 Å². The average Bonchev–Trinajstić information content (AvgIpc) is 2.94. The lowest BCUT2D eigenvalue weighted by atomic mass is 10.1. The number of aryl methyl sites for hydroxylation is 1. The summed E-state index contributed by atoms with van der Waals surface area (Å²) in [7, 11) is 3.26.